The van der Waals surface area contributed by atoms with E-state index in [0.717, 1.165) is 34.7 Å². The van der Waals surface area contributed by atoms with E-state index >= 15 is 0 Å². The van der Waals surface area contributed by atoms with Crippen LogP contribution in [0.25, 0.3) is 0 Å². The molecule has 0 radical (unpaired) electrons. The van der Waals surface area contributed by atoms with Crippen molar-refractivity contribution < 1.29 is 35.9 Å². The van der Waals surface area contributed by atoms with Crippen LogP contribution in [0.15, 0.2) is 41.9 Å². The molecule has 2 aliphatic rings. The number of benzene rings is 1. The molecule has 0 unspecified atom stereocenters. The number of aromatic nitrogens is 1. The molecule has 0 fully saturated rings. The van der Waals surface area contributed by atoms with E-state index in [1.54, 1.807) is 13.8 Å². The summed E-state index contributed by atoms with van der Waals surface area (Å²) in [5.41, 5.74) is -2.53. The third-order valence-electron chi connectivity index (χ3n) is 5.69. The smallest absolute Gasteiger partial charge is 0.387 e. The summed E-state index contributed by atoms with van der Waals surface area (Å²) >= 11 is 0. The third-order valence-corrected chi connectivity index (χ3v) is 6.98. The minimum absolute atomic E-state index is 0.0251. The van der Waals surface area contributed by atoms with Gasteiger partial charge in [-0.05, 0) is 39.0 Å². The number of halogens is 3. The molecule has 9 nitrogen and oxygen atoms in total. The first-order chi connectivity index (χ1) is 16.2. The van der Waals surface area contributed by atoms with Crippen LogP contribution in [0.4, 0.5) is 24.7 Å². The number of carbonyl (C=O) groups is 2. The van der Waals surface area contributed by atoms with Crippen LogP contribution in [-0.4, -0.2) is 37.5 Å². The fraction of sp³-hybridized carbons (Fsp3) is 0.318. The summed E-state index contributed by atoms with van der Waals surface area (Å²) < 4.78 is 70.3. The number of sulfonamides is 1. The Morgan fingerprint density at radius 3 is 2.63 bits per heavy atom. The lowest BCUT2D eigenvalue weighted by atomic mass is 9.86. The van der Waals surface area contributed by atoms with E-state index in [1.807, 2.05) is 0 Å². The van der Waals surface area contributed by atoms with Gasteiger partial charge in [0.1, 0.15) is 23.0 Å². The van der Waals surface area contributed by atoms with E-state index in [4.69, 9.17) is 0 Å². The molecule has 1 aromatic carbocycles. The molecule has 0 saturated heterocycles. The maximum absolute atomic E-state index is 14.7. The van der Waals surface area contributed by atoms with Crippen LogP contribution in [0.3, 0.4) is 0 Å². The van der Waals surface area contributed by atoms with Gasteiger partial charge in [-0.1, -0.05) is 6.08 Å². The maximum Gasteiger partial charge on any atom is 0.387 e. The first-order valence-electron chi connectivity index (χ1n) is 10.3. The third kappa shape index (κ3) is 4.60. The van der Waals surface area contributed by atoms with Crippen molar-refractivity contribution in [3.05, 3.63) is 58.9 Å². The van der Waals surface area contributed by atoms with Gasteiger partial charge in [-0.3, -0.25) is 14.5 Å². The average Bonchev–Trinajstić information content (AvgIpc) is 2.93. The first-order valence-corrected chi connectivity index (χ1v) is 11.9. The Bertz CT molecular complexity index is 1360. The van der Waals surface area contributed by atoms with Crippen LogP contribution < -0.4 is 19.7 Å². The van der Waals surface area contributed by atoms with E-state index in [-0.39, 0.29) is 29.2 Å². The molecule has 4 rings (SSSR count). The molecular weight excluding hydrogens is 489 g/mol. The van der Waals surface area contributed by atoms with Crippen LogP contribution in [0.2, 0.25) is 0 Å². The van der Waals surface area contributed by atoms with Gasteiger partial charge in [0.2, 0.25) is 15.9 Å². The van der Waals surface area contributed by atoms with Gasteiger partial charge in [0.15, 0.2) is 0 Å². The highest BCUT2D eigenvalue weighted by Gasteiger charge is 2.47. The standard InChI is InChI=1S/C22H21F3N4O5S/c1-21(2)14-9-12(18(30)27-22(3)7-4-8-35(32,33)28-22)11-26-17(14)29(19(21)31)16-10-13(34-20(24)25)5-6-15(16)23/h4-6,8-11,20,28H,7H2,1-3H3,(H,27,30)/t22-/m0/s1. The molecule has 2 aromatic rings. The number of hydrogen-bond acceptors (Lipinski definition) is 6. The quantitative estimate of drug-likeness (QED) is 0.639. The Hall–Kier alpha value is -3.45. The Balaban J connectivity index is 1.70. The first kappa shape index (κ1) is 24.7. The Labute approximate surface area is 199 Å². The van der Waals surface area contributed by atoms with Gasteiger partial charge in [0, 0.05) is 29.7 Å². The Kier molecular flexibility index (Phi) is 5.88. The second-order valence-corrected chi connectivity index (χ2v) is 10.4. The highest BCUT2D eigenvalue weighted by atomic mass is 32.2. The largest absolute Gasteiger partial charge is 0.435 e. The molecule has 1 atom stereocenters. The summed E-state index contributed by atoms with van der Waals surface area (Å²) in [7, 11) is -3.71. The number of ether oxygens (including phenoxy) is 1. The van der Waals surface area contributed by atoms with E-state index in [1.165, 1.54) is 19.1 Å². The van der Waals surface area contributed by atoms with Crippen LogP contribution in [0, 0.1) is 5.82 Å². The number of anilines is 2. The van der Waals surface area contributed by atoms with E-state index in [9.17, 15) is 31.2 Å². The highest BCUT2D eigenvalue weighted by molar-refractivity contribution is 7.92. The zero-order valence-corrected chi connectivity index (χ0v) is 19.6. The number of amides is 2. The van der Waals surface area contributed by atoms with Crippen molar-refractivity contribution in [3.8, 4) is 5.75 Å². The monoisotopic (exact) mass is 510 g/mol. The zero-order chi connectivity index (χ0) is 25.8. The van der Waals surface area contributed by atoms with Gasteiger partial charge in [0.05, 0.1) is 16.7 Å². The second kappa shape index (κ2) is 8.34. The number of fused-ring (bicyclic) bond motifs is 1. The molecular formula is C22H21F3N4O5S. The number of carbonyl (C=O) groups excluding carboxylic acids is 2. The number of pyridine rings is 1. The topological polar surface area (TPSA) is 118 Å². The number of rotatable bonds is 5. The van der Waals surface area contributed by atoms with Crippen molar-refractivity contribution in [2.45, 2.75) is 44.9 Å². The van der Waals surface area contributed by atoms with Crippen molar-refractivity contribution >= 4 is 33.3 Å². The van der Waals surface area contributed by atoms with Gasteiger partial charge in [0.25, 0.3) is 5.91 Å². The summed E-state index contributed by atoms with van der Waals surface area (Å²) in [6, 6.07) is 4.28. The average molecular weight is 510 g/mol. The molecule has 3 heterocycles. The minimum atomic E-state index is -3.71. The lowest BCUT2D eigenvalue weighted by molar-refractivity contribution is -0.121. The molecule has 2 aliphatic heterocycles. The summed E-state index contributed by atoms with van der Waals surface area (Å²) in [5, 5.41) is 3.61. The number of hydrogen-bond donors (Lipinski definition) is 2. The van der Waals surface area contributed by atoms with Gasteiger partial charge in [-0.15, -0.1) is 0 Å². The fourth-order valence-electron chi connectivity index (χ4n) is 3.97. The summed E-state index contributed by atoms with van der Waals surface area (Å²) in [6.07, 6.45) is 2.77. The van der Waals surface area contributed by atoms with Crippen LogP contribution in [-0.2, 0) is 20.2 Å². The number of nitrogens with one attached hydrogen (secondary N) is 2. The highest BCUT2D eigenvalue weighted by Crippen LogP contribution is 2.45. The normalized spacial score (nSPS) is 22.3. The summed E-state index contributed by atoms with van der Waals surface area (Å²) in [4.78, 5) is 31.3. The fourth-order valence-corrected chi connectivity index (χ4v) is 5.15. The molecule has 0 saturated carbocycles. The lowest BCUT2D eigenvalue weighted by Gasteiger charge is -2.32. The van der Waals surface area contributed by atoms with Crippen molar-refractivity contribution in [1.29, 1.82) is 0 Å². The molecule has 0 bridgehead atoms. The Morgan fingerprint density at radius 1 is 1.26 bits per heavy atom. The number of nitrogens with zero attached hydrogens (tertiary/aromatic N) is 2. The predicted molar refractivity (Wildman–Crippen MR) is 119 cm³/mol. The van der Waals surface area contributed by atoms with Gasteiger partial charge in [-0.25, -0.2) is 17.8 Å². The van der Waals surface area contributed by atoms with Crippen LogP contribution >= 0.6 is 0 Å². The molecule has 1 aromatic heterocycles. The zero-order valence-electron chi connectivity index (χ0n) is 18.8. The lowest BCUT2D eigenvalue weighted by Crippen LogP contribution is -2.59. The summed E-state index contributed by atoms with van der Waals surface area (Å²) in [5.74, 6) is -2.43. The minimum Gasteiger partial charge on any atom is -0.435 e. The Morgan fingerprint density at radius 2 is 1.97 bits per heavy atom. The van der Waals surface area contributed by atoms with Gasteiger partial charge in [-0.2, -0.15) is 13.5 Å². The summed E-state index contributed by atoms with van der Waals surface area (Å²) in [6.45, 7) is 1.46. The molecule has 13 heteroatoms. The molecule has 2 amide bonds. The second-order valence-electron chi connectivity index (χ2n) is 8.86. The molecule has 186 valence electrons. The van der Waals surface area contributed by atoms with Crippen LogP contribution in [0.1, 0.15) is 43.1 Å². The molecule has 35 heavy (non-hydrogen) atoms. The van der Waals surface area contributed by atoms with E-state index in [2.05, 4.69) is 19.8 Å². The van der Waals surface area contributed by atoms with E-state index < -0.39 is 45.3 Å². The van der Waals surface area contributed by atoms with Crippen molar-refractivity contribution in [1.82, 2.24) is 15.0 Å². The van der Waals surface area contributed by atoms with Gasteiger partial charge < -0.3 is 10.1 Å². The SMILES string of the molecule is CC1(C)C(=O)N(c2cc(OC(F)F)ccc2F)c2ncc(C(=O)N[C@]3(C)CC=CS(=O)(=O)N3)cc21. The molecule has 2 N–H and O–H groups in total. The van der Waals surface area contributed by atoms with Crippen LogP contribution in [0.5, 0.6) is 5.75 Å². The van der Waals surface area contributed by atoms with Crippen molar-refractivity contribution in [2.75, 3.05) is 4.90 Å². The van der Waals surface area contributed by atoms with E-state index in [0.29, 0.717) is 5.56 Å². The molecule has 0 spiro atoms. The number of alkyl halides is 2. The predicted octanol–water partition coefficient (Wildman–Crippen LogP) is 3.06. The molecule has 0 aliphatic carbocycles. The van der Waals surface area contributed by atoms with Crippen molar-refractivity contribution in [3.63, 3.8) is 0 Å². The van der Waals surface area contributed by atoms with Gasteiger partial charge >= 0.3 is 6.61 Å². The maximum atomic E-state index is 14.7. The van der Waals surface area contributed by atoms with Crippen molar-refractivity contribution in [2.24, 2.45) is 0 Å².